The van der Waals surface area contributed by atoms with Crippen LogP contribution in [0.5, 0.6) is 0 Å². The first-order valence-corrected chi connectivity index (χ1v) is 6.81. The number of aromatic amines is 1. The zero-order valence-electron chi connectivity index (χ0n) is 11.9. The second-order valence-electron chi connectivity index (χ2n) is 4.92. The summed E-state index contributed by atoms with van der Waals surface area (Å²) in [5.41, 5.74) is 0.579. The van der Waals surface area contributed by atoms with Gasteiger partial charge in [0.2, 0.25) is 5.43 Å². The van der Waals surface area contributed by atoms with Crippen LogP contribution in [0.25, 0.3) is 10.9 Å². The van der Waals surface area contributed by atoms with Crippen molar-refractivity contribution in [1.82, 2.24) is 4.98 Å². The molecule has 0 aliphatic rings. The van der Waals surface area contributed by atoms with Gasteiger partial charge in [-0.3, -0.25) is 9.59 Å². The maximum Gasteiger partial charge on any atom is 0.335 e. The number of pyridine rings is 1. The Morgan fingerprint density at radius 1 is 1.04 bits per heavy atom. The quantitative estimate of drug-likeness (QED) is 0.692. The number of hydrogen-bond donors (Lipinski definition) is 3. The van der Waals surface area contributed by atoms with Crippen LogP contribution < -0.4 is 10.7 Å². The number of H-pyrrole nitrogens is 1. The molecule has 1 amide bonds. The van der Waals surface area contributed by atoms with E-state index in [9.17, 15) is 14.4 Å². The van der Waals surface area contributed by atoms with Gasteiger partial charge in [-0.2, -0.15) is 0 Å². The lowest BCUT2D eigenvalue weighted by Crippen LogP contribution is -2.22. The molecule has 0 saturated carbocycles. The van der Waals surface area contributed by atoms with Crippen LogP contribution in [-0.4, -0.2) is 22.0 Å². The molecule has 114 valence electrons. The summed E-state index contributed by atoms with van der Waals surface area (Å²) < 4.78 is 0. The number of fused-ring (bicyclic) bond motifs is 1. The predicted octanol–water partition coefficient (Wildman–Crippen LogP) is 2.48. The molecule has 6 nitrogen and oxygen atoms in total. The highest BCUT2D eigenvalue weighted by Gasteiger charge is 2.13. The fraction of sp³-hybridized carbons (Fsp3) is 0. The summed E-state index contributed by atoms with van der Waals surface area (Å²) in [6.07, 6.45) is 1.35. The molecule has 3 aromatic rings. The first-order chi connectivity index (χ1) is 11.1. The van der Waals surface area contributed by atoms with E-state index in [-0.39, 0.29) is 16.6 Å². The second-order valence-corrected chi connectivity index (χ2v) is 4.92. The van der Waals surface area contributed by atoms with E-state index in [4.69, 9.17) is 5.11 Å². The van der Waals surface area contributed by atoms with E-state index < -0.39 is 11.9 Å². The third kappa shape index (κ3) is 2.82. The van der Waals surface area contributed by atoms with Gasteiger partial charge in [0, 0.05) is 22.8 Å². The van der Waals surface area contributed by atoms with Gasteiger partial charge in [0.15, 0.2) is 0 Å². The molecule has 2 aromatic carbocycles. The standard InChI is InChI=1S/C17H12N2O4/c20-15-12-6-1-2-7-14(12)18-9-13(15)16(21)19-11-5-3-4-10(8-11)17(22)23/h1-9H,(H,18,20)(H,19,21)(H,22,23). The molecule has 0 fully saturated rings. The van der Waals surface area contributed by atoms with Gasteiger partial charge in [-0.1, -0.05) is 18.2 Å². The number of hydrogen-bond acceptors (Lipinski definition) is 3. The molecule has 0 spiro atoms. The summed E-state index contributed by atoms with van der Waals surface area (Å²) in [5, 5.41) is 11.9. The lowest BCUT2D eigenvalue weighted by atomic mass is 10.1. The normalized spacial score (nSPS) is 10.4. The van der Waals surface area contributed by atoms with Gasteiger partial charge in [0.05, 0.1) is 5.56 Å². The van der Waals surface area contributed by atoms with Gasteiger partial charge < -0.3 is 15.4 Å². The smallest absolute Gasteiger partial charge is 0.335 e. The van der Waals surface area contributed by atoms with Crippen LogP contribution in [0, 0.1) is 0 Å². The number of carboxylic acids is 1. The Hall–Kier alpha value is -3.41. The van der Waals surface area contributed by atoms with E-state index in [1.54, 1.807) is 30.3 Å². The second kappa shape index (κ2) is 5.76. The Balaban J connectivity index is 1.95. The minimum atomic E-state index is -1.09. The number of rotatable bonds is 3. The minimum Gasteiger partial charge on any atom is -0.478 e. The number of aromatic nitrogens is 1. The van der Waals surface area contributed by atoms with Crippen molar-refractivity contribution in [2.24, 2.45) is 0 Å². The molecule has 0 unspecified atom stereocenters. The number of carboxylic acid groups (broad SMARTS) is 1. The number of carbonyl (C=O) groups excluding carboxylic acids is 1. The van der Waals surface area contributed by atoms with E-state index >= 15 is 0 Å². The van der Waals surface area contributed by atoms with Gasteiger partial charge in [-0.05, 0) is 30.3 Å². The van der Waals surface area contributed by atoms with Crippen LogP contribution >= 0.6 is 0 Å². The maximum atomic E-state index is 12.4. The van der Waals surface area contributed by atoms with Gasteiger partial charge in [0.1, 0.15) is 5.56 Å². The van der Waals surface area contributed by atoms with Crippen molar-refractivity contribution in [3.63, 3.8) is 0 Å². The Morgan fingerprint density at radius 2 is 1.83 bits per heavy atom. The summed E-state index contributed by atoms with van der Waals surface area (Å²) >= 11 is 0. The van der Waals surface area contributed by atoms with E-state index in [0.29, 0.717) is 16.6 Å². The largest absolute Gasteiger partial charge is 0.478 e. The number of nitrogens with one attached hydrogen (secondary N) is 2. The SMILES string of the molecule is O=C(O)c1cccc(NC(=O)c2c[nH]c3ccccc3c2=O)c1. The first kappa shape index (κ1) is 14.5. The van der Waals surface area contributed by atoms with Crippen molar-refractivity contribution in [3.05, 3.63) is 76.1 Å². The first-order valence-electron chi connectivity index (χ1n) is 6.81. The number of anilines is 1. The molecule has 3 rings (SSSR count). The van der Waals surface area contributed by atoms with Gasteiger partial charge in [-0.15, -0.1) is 0 Å². The molecule has 0 saturated heterocycles. The number of benzene rings is 2. The minimum absolute atomic E-state index is 0.0376. The monoisotopic (exact) mass is 308 g/mol. The predicted molar refractivity (Wildman–Crippen MR) is 85.9 cm³/mol. The van der Waals surface area contributed by atoms with Crippen LogP contribution in [0.15, 0.2) is 59.5 Å². The number of para-hydroxylation sites is 1. The van der Waals surface area contributed by atoms with Crippen LogP contribution in [0.4, 0.5) is 5.69 Å². The van der Waals surface area contributed by atoms with E-state index in [2.05, 4.69) is 10.3 Å². The average molecular weight is 308 g/mol. The summed E-state index contributed by atoms with van der Waals surface area (Å²) in [6.45, 7) is 0. The third-order valence-electron chi connectivity index (χ3n) is 3.40. The van der Waals surface area contributed by atoms with Gasteiger partial charge in [0.25, 0.3) is 5.91 Å². The maximum absolute atomic E-state index is 12.4. The Kier molecular flexibility index (Phi) is 3.64. The highest BCUT2D eigenvalue weighted by Crippen LogP contribution is 2.13. The van der Waals surface area contributed by atoms with Crippen LogP contribution in [0.1, 0.15) is 20.7 Å². The van der Waals surface area contributed by atoms with Crippen molar-refractivity contribution in [3.8, 4) is 0 Å². The van der Waals surface area contributed by atoms with Crippen molar-refractivity contribution in [2.75, 3.05) is 5.32 Å². The lowest BCUT2D eigenvalue weighted by molar-refractivity contribution is 0.0696. The Labute approximate surface area is 130 Å². The topological polar surface area (TPSA) is 99.3 Å². The Bertz CT molecular complexity index is 975. The van der Waals surface area contributed by atoms with E-state index in [0.717, 1.165) is 0 Å². The van der Waals surface area contributed by atoms with Crippen molar-refractivity contribution in [2.45, 2.75) is 0 Å². The number of aromatic carboxylic acids is 1. The Morgan fingerprint density at radius 3 is 2.61 bits per heavy atom. The van der Waals surface area contributed by atoms with Crippen molar-refractivity contribution >= 4 is 28.5 Å². The van der Waals surface area contributed by atoms with Crippen LogP contribution in [-0.2, 0) is 0 Å². The summed E-state index contributed by atoms with van der Waals surface area (Å²) in [5.74, 6) is -1.69. The zero-order chi connectivity index (χ0) is 16.4. The van der Waals surface area contributed by atoms with Crippen molar-refractivity contribution in [1.29, 1.82) is 0 Å². The van der Waals surface area contributed by atoms with Gasteiger partial charge >= 0.3 is 5.97 Å². The molecule has 0 aliphatic heterocycles. The third-order valence-corrected chi connectivity index (χ3v) is 3.40. The highest BCUT2D eigenvalue weighted by atomic mass is 16.4. The van der Waals surface area contributed by atoms with Crippen LogP contribution in [0.2, 0.25) is 0 Å². The molecule has 23 heavy (non-hydrogen) atoms. The fourth-order valence-electron chi connectivity index (χ4n) is 2.26. The molecule has 0 atom stereocenters. The highest BCUT2D eigenvalue weighted by molar-refractivity contribution is 6.06. The lowest BCUT2D eigenvalue weighted by Gasteiger charge is -2.06. The fourth-order valence-corrected chi connectivity index (χ4v) is 2.26. The summed E-state index contributed by atoms with van der Waals surface area (Å²) in [4.78, 5) is 38.5. The molecule has 0 aliphatic carbocycles. The molecular weight excluding hydrogens is 296 g/mol. The van der Waals surface area contributed by atoms with E-state index in [1.165, 1.54) is 24.4 Å². The molecule has 0 bridgehead atoms. The van der Waals surface area contributed by atoms with Crippen LogP contribution in [0.3, 0.4) is 0 Å². The van der Waals surface area contributed by atoms with Gasteiger partial charge in [-0.25, -0.2) is 4.79 Å². The van der Waals surface area contributed by atoms with E-state index in [1.807, 2.05) is 0 Å². The summed E-state index contributed by atoms with van der Waals surface area (Å²) in [6, 6.07) is 12.7. The zero-order valence-corrected chi connectivity index (χ0v) is 11.9. The molecule has 1 heterocycles. The number of amides is 1. The molecule has 3 N–H and O–H groups in total. The average Bonchev–Trinajstić information content (AvgIpc) is 2.55. The summed E-state index contributed by atoms with van der Waals surface area (Å²) in [7, 11) is 0. The van der Waals surface area contributed by atoms with Crippen molar-refractivity contribution < 1.29 is 14.7 Å². The molecule has 1 aromatic heterocycles. The molecule has 6 heteroatoms. The number of carbonyl (C=O) groups is 2. The molecule has 0 radical (unpaired) electrons. The molecular formula is C17H12N2O4.